The molecule has 1 aliphatic rings. The number of nitrogens with zero attached hydrogens (tertiary/aromatic N) is 2. The van der Waals surface area contributed by atoms with Gasteiger partial charge in [-0.3, -0.25) is 10.1 Å². The van der Waals surface area contributed by atoms with E-state index in [1.807, 2.05) is 6.92 Å². The summed E-state index contributed by atoms with van der Waals surface area (Å²) < 4.78 is 9.60. The van der Waals surface area contributed by atoms with Gasteiger partial charge in [-0.2, -0.15) is 5.10 Å². The van der Waals surface area contributed by atoms with Crippen molar-refractivity contribution >= 4 is 35.0 Å². The number of carbonyl (C=O) groups excluding carboxylic acids is 2. The highest BCUT2D eigenvalue weighted by Crippen LogP contribution is 2.30. The van der Waals surface area contributed by atoms with Crippen LogP contribution in [0.4, 0.5) is 0 Å². The van der Waals surface area contributed by atoms with E-state index in [-0.39, 0.29) is 15.8 Å². The maximum absolute atomic E-state index is 11.7. The fourth-order valence-electron chi connectivity index (χ4n) is 1.93. The lowest BCUT2D eigenvalue weighted by Crippen LogP contribution is -2.19. The maximum Gasteiger partial charge on any atom is 0.331 e. The normalized spacial score (nSPS) is 17.3. The number of aromatic hydroxyl groups is 1. The summed E-state index contributed by atoms with van der Waals surface area (Å²) in [5.41, 5.74) is 1.41. The molecule has 9 heteroatoms. The third-order valence-corrected chi connectivity index (χ3v) is 4.14. The highest BCUT2D eigenvalue weighted by atomic mass is 32.2. The Hall–Kier alpha value is -2.81. The lowest BCUT2D eigenvalue weighted by Gasteiger charge is -2.08. The topological polar surface area (TPSA) is 110 Å². The molecule has 0 spiro atoms. The summed E-state index contributed by atoms with van der Waals surface area (Å²) >= 11 is 0.966. The van der Waals surface area contributed by atoms with Crippen LogP contribution in [0.3, 0.4) is 0 Å². The number of hydrogen-bond donors (Lipinski definition) is 2. The third kappa shape index (κ3) is 4.60. The molecular formula is C16H17N3O5S. The van der Waals surface area contributed by atoms with Gasteiger partial charge in [0, 0.05) is 11.6 Å². The lowest BCUT2D eigenvalue weighted by molar-refractivity contribution is -0.135. The average Bonchev–Trinajstić information content (AvgIpc) is 2.95. The Kier molecular flexibility index (Phi) is 6.18. The van der Waals surface area contributed by atoms with Crippen molar-refractivity contribution < 1.29 is 24.2 Å². The van der Waals surface area contributed by atoms with Crippen molar-refractivity contribution in [2.75, 3.05) is 14.2 Å². The van der Waals surface area contributed by atoms with Crippen LogP contribution in [0.2, 0.25) is 0 Å². The first-order valence-corrected chi connectivity index (χ1v) is 8.09. The summed E-state index contributed by atoms with van der Waals surface area (Å²) in [6.45, 7) is 1.98. The van der Waals surface area contributed by atoms with Gasteiger partial charge >= 0.3 is 5.97 Å². The number of benzene rings is 1. The second-order valence-electron chi connectivity index (χ2n) is 4.83. The molecule has 1 saturated heterocycles. The van der Waals surface area contributed by atoms with Gasteiger partial charge in [0.25, 0.3) is 5.91 Å². The molecule has 0 aliphatic carbocycles. The molecule has 2 rings (SSSR count). The number of hydrogen-bond acceptors (Lipinski definition) is 8. The first kappa shape index (κ1) is 18.5. The fraction of sp³-hybridized carbons (Fsp3) is 0.250. The number of rotatable bonds is 5. The van der Waals surface area contributed by atoms with Gasteiger partial charge < -0.3 is 14.6 Å². The summed E-state index contributed by atoms with van der Waals surface area (Å²) in [5.74, 6) is -0.782. The van der Waals surface area contributed by atoms with Crippen molar-refractivity contribution in [3.63, 3.8) is 0 Å². The van der Waals surface area contributed by atoms with E-state index in [1.165, 1.54) is 20.4 Å². The molecular weight excluding hydrogens is 346 g/mol. The predicted octanol–water partition coefficient (Wildman–Crippen LogP) is 1.57. The minimum atomic E-state index is -0.629. The lowest BCUT2D eigenvalue weighted by atomic mass is 10.1. The maximum atomic E-state index is 11.7. The summed E-state index contributed by atoms with van der Waals surface area (Å²) in [7, 11) is 2.69. The van der Waals surface area contributed by atoms with E-state index < -0.39 is 11.9 Å². The van der Waals surface area contributed by atoms with Crippen LogP contribution in [0.1, 0.15) is 18.1 Å². The molecule has 8 nitrogen and oxygen atoms in total. The Morgan fingerprint density at radius 2 is 2.16 bits per heavy atom. The fourth-order valence-corrected chi connectivity index (χ4v) is 2.67. The van der Waals surface area contributed by atoms with Crippen LogP contribution >= 0.6 is 11.8 Å². The Bertz CT molecular complexity index is 786. The monoisotopic (exact) mass is 363 g/mol. The molecule has 1 fully saturated rings. The van der Waals surface area contributed by atoms with E-state index >= 15 is 0 Å². The van der Waals surface area contributed by atoms with Crippen molar-refractivity contribution in [1.82, 2.24) is 5.32 Å². The zero-order valence-corrected chi connectivity index (χ0v) is 14.7. The van der Waals surface area contributed by atoms with Crippen molar-refractivity contribution in [1.29, 1.82) is 0 Å². The molecule has 2 N–H and O–H groups in total. The average molecular weight is 363 g/mol. The molecule has 132 valence electrons. The number of phenolic OH excluding ortho intramolecular Hbond substituents is 1. The van der Waals surface area contributed by atoms with Gasteiger partial charge in [-0.1, -0.05) is 6.92 Å². The van der Waals surface area contributed by atoms with E-state index in [0.29, 0.717) is 11.3 Å². The van der Waals surface area contributed by atoms with Gasteiger partial charge in [0.05, 0.1) is 25.3 Å². The number of carbonyl (C=O) groups is 2. The van der Waals surface area contributed by atoms with Crippen LogP contribution in [0, 0.1) is 0 Å². The van der Waals surface area contributed by atoms with Crippen molar-refractivity contribution in [2.24, 2.45) is 10.2 Å². The number of ether oxygens (including phenoxy) is 2. The van der Waals surface area contributed by atoms with Crippen molar-refractivity contribution in [3.05, 3.63) is 34.2 Å². The SMILES string of the molecule is CCc1cc(C=N/N=C2/NC(=O)/C(=C\C(=O)OC)S2)c(O)c(OC)c1. The highest BCUT2D eigenvalue weighted by molar-refractivity contribution is 8.18. The van der Waals surface area contributed by atoms with E-state index in [9.17, 15) is 14.7 Å². The predicted molar refractivity (Wildman–Crippen MR) is 94.9 cm³/mol. The van der Waals surface area contributed by atoms with Crippen LogP contribution in [-0.2, 0) is 20.7 Å². The number of amides is 1. The Balaban J connectivity index is 2.18. The first-order valence-electron chi connectivity index (χ1n) is 7.28. The third-order valence-electron chi connectivity index (χ3n) is 3.24. The number of esters is 1. The molecule has 1 amide bonds. The summed E-state index contributed by atoms with van der Waals surface area (Å²) in [5, 5.41) is 20.6. The van der Waals surface area contributed by atoms with Gasteiger partial charge in [0.1, 0.15) is 0 Å². The van der Waals surface area contributed by atoms with Crippen LogP contribution in [-0.4, -0.2) is 42.6 Å². The molecule has 1 heterocycles. The Labute approximate surface area is 148 Å². The number of amidine groups is 1. The highest BCUT2D eigenvalue weighted by Gasteiger charge is 2.25. The van der Waals surface area contributed by atoms with Gasteiger partial charge in [-0.05, 0) is 35.9 Å². The van der Waals surface area contributed by atoms with E-state index in [4.69, 9.17) is 4.74 Å². The number of aryl methyl sites for hydroxylation is 1. The quantitative estimate of drug-likeness (QED) is 0.356. The minimum Gasteiger partial charge on any atom is -0.504 e. The minimum absolute atomic E-state index is 0.0435. The molecule has 0 atom stereocenters. The number of nitrogens with one attached hydrogen (secondary N) is 1. The van der Waals surface area contributed by atoms with Gasteiger partial charge in [-0.25, -0.2) is 4.79 Å². The summed E-state index contributed by atoms with van der Waals surface area (Å²) in [4.78, 5) is 23.0. The Morgan fingerprint density at radius 3 is 2.80 bits per heavy atom. The standard InChI is InChI=1S/C16H17N3O5S/c1-4-9-5-10(14(21)11(6-9)23-2)8-17-19-16-18-15(22)12(25-16)7-13(20)24-3/h5-8,21H,4H2,1-3H3,(H,18,19,22)/b12-7+,17-8?. The molecule has 25 heavy (non-hydrogen) atoms. The summed E-state index contributed by atoms with van der Waals surface area (Å²) in [6, 6.07) is 3.51. The van der Waals surface area contributed by atoms with Crippen LogP contribution < -0.4 is 10.1 Å². The molecule has 0 saturated carbocycles. The number of methoxy groups -OCH3 is 2. The number of thioether (sulfide) groups is 1. The van der Waals surface area contributed by atoms with Gasteiger partial charge in [0.15, 0.2) is 16.7 Å². The molecule has 0 unspecified atom stereocenters. The van der Waals surface area contributed by atoms with Crippen LogP contribution in [0.5, 0.6) is 11.5 Å². The van der Waals surface area contributed by atoms with Gasteiger partial charge in [0.2, 0.25) is 0 Å². The zero-order valence-electron chi connectivity index (χ0n) is 13.9. The molecule has 0 bridgehead atoms. The van der Waals surface area contributed by atoms with E-state index in [0.717, 1.165) is 29.8 Å². The van der Waals surface area contributed by atoms with E-state index in [2.05, 4.69) is 20.3 Å². The first-order chi connectivity index (χ1) is 12.0. The summed E-state index contributed by atoms with van der Waals surface area (Å²) in [6.07, 6.45) is 3.20. The smallest absolute Gasteiger partial charge is 0.331 e. The van der Waals surface area contributed by atoms with E-state index in [1.54, 1.807) is 12.1 Å². The second-order valence-corrected chi connectivity index (χ2v) is 5.86. The zero-order chi connectivity index (χ0) is 18.4. The van der Waals surface area contributed by atoms with Crippen LogP contribution in [0.25, 0.3) is 0 Å². The second kappa shape index (κ2) is 8.34. The van der Waals surface area contributed by atoms with Gasteiger partial charge in [-0.15, -0.1) is 5.10 Å². The molecule has 1 aromatic rings. The Morgan fingerprint density at radius 1 is 1.40 bits per heavy atom. The molecule has 1 aromatic carbocycles. The largest absolute Gasteiger partial charge is 0.504 e. The molecule has 0 aromatic heterocycles. The van der Waals surface area contributed by atoms with Crippen molar-refractivity contribution in [3.8, 4) is 11.5 Å². The van der Waals surface area contributed by atoms with Crippen molar-refractivity contribution in [2.45, 2.75) is 13.3 Å². The molecule has 0 radical (unpaired) electrons. The number of phenols is 1. The van der Waals surface area contributed by atoms with Crippen LogP contribution in [0.15, 0.2) is 33.3 Å². The molecule has 1 aliphatic heterocycles.